The van der Waals surface area contributed by atoms with E-state index < -0.39 is 11.9 Å². The van der Waals surface area contributed by atoms with E-state index in [0.717, 1.165) is 12.8 Å². The van der Waals surface area contributed by atoms with Gasteiger partial charge in [-0.15, -0.1) is 0 Å². The molecular formula is C14H22N2O4. The maximum atomic E-state index is 12.5. The minimum atomic E-state index is -0.818. The molecule has 0 aromatic carbocycles. The summed E-state index contributed by atoms with van der Waals surface area (Å²) in [6.07, 6.45) is 3.10. The Bertz CT molecular complexity index is 423. The number of likely N-dealkylation sites (tertiary alicyclic amines) is 1. The van der Waals surface area contributed by atoms with Crippen molar-refractivity contribution in [1.29, 1.82) is 0 Å². The Balaban J connectivity index is 2.00. The molecule has 6 nitrogen and oxygen atoms in total. The van der Waals surface area contributed by atoms with Crippen LogP contribution < -0.4 is 5.73 Å². The number of amides is 2. The number of carboxylic acids is 1. The average molecular weight is 282 g/mol. The van der Waals surface area contributed by atoms with Gasteiger partial charge in [-0.3, -0.25) is 14.4 Å². The van der Waals surface area contributed by atoms with Crippen LogP contribution in [0, 0.1) is 17.8 Å². The summed E-state index contributed by atoms with van der Waals surface area (Å²) >= 11 is 0. The quantitative estimate of drug-likeness (QED) is 0.791. The Labute approximate surface area is 118 Å². The lowest BCUT2D eigenvalue weighted by Gasteiger charge is -2.38. The first kappa shape index (κ1) is 14.8. The Hall–Kier alpha value is -1.59. The van der Waals surface area contributed by atoms with Crippen molar-refractivity contribution in [2.24, 2.45) is 23.5 Å². The third-order valence-corrected chi connectivity index (χ3v) is 4.70. The molecule has 20 heavy (non-hydrogen) atoms. The van der Waals surface area contributed by atoms with Crippen molar-refractivity contribution in [2.75, 3.05) is 6.54 Å². The molecule has 0 aromatic rings. The Morgan fingerprint density at radius 2 is 1.65 bits per heavy atom. The molecule has 3 N–H and O–H groups in total. The summed E-state index contributed by atoms with van der Waals surface area (Å²) < 4.78 is 0. The monoisotopic (exact) mass is 282 g/mol. The van der Waals surface area contributed by atoms with Gasteiger partial charge in [0.15, 0.2) is 0 Å². The van der Waals surface area contributed by atoms with Crippen LogP contribution >= 0.6 is 0 Å². The summed E-state index contributed by atoms with van der Waals surface area (Å²) in [5.74, 6) is -2.08. The number of rotatable bonds is 3. The zero-order valence-corrected chi connectivity index (χ0v) is 11.7. The van der Waals surface area contributed by atoms with E-state index in [9.17, 15) is 14.4 Å². The average Bonchev–Trinajstić information content (AvgIpc) is 2.88. The van der Waals surface area contributed by atoms with Gasteiger partial charge >= 0.3 is 5.97 Å². The highest BCUT2D eigenvalue weighted by molar-refractivity contribution is 5.83. The molecule has 2 fully saturated rings. The molecule has 2 aliphatic rings. The van der Waals surface area contributed by atoms with Crippen LogP contribution in [0.5, 0.6) is 0 Å². The summed E-state index contributed by atoms with van der Waals surface area (Å²) in [7, 11) is 0. The van der Waals surface area contributed by atoms with Crippen LogP contribution in [0.4, 0.5) is 0 Å². The smallest absolute Gasteiger partial charge is 0.306 e. The maximum absolute atomic E-state index is 12.5. The molecular weight excluding hydrogens is 260 g/mol. The maximum Gasteiger partial charge on any atom is 0.306 e. The molecule has 112 valence electrons. The zero-order chi connectivity index (χ0) is 14.9. The minimum Gasteiger partial charge on any atom is -0.481 e. The highest BCUT2D eigenvalue weighted by Crippen LogP contribution is 2.34. The van der Waals surface area contributed by atoms with Gasteiger partial charge in [0.1, 0.15) is 0 Å². The highest BCUT2D eigenvalue weighted by atomic mass is 16.4. The topological polar surface area (TPSA) is 101 Å². The summed E-state index contributed by atoms with van der Waals surface area (Å²) in [6.45, 7) is 2.35. The first-order valence-corrected chi connectivity index (χ1v) is 7.22. The molecule has 0 radical (unpaired) electrons. The van der Waals surface area contributed by atoms with E-state index >= 15 is 0 Å². The van der Waals surface area contributed by atoms with Gasteiger partial charge in [0.05, 0.1) is 11.8 Å². The van der Waals surface area contributed by atoms with E-state index in [1.165, 1.54) is 0 Å². The summed E-state index contributed by atoms with van der Waals surface area (Å²) in [4.78, 5) is 36.5. The predicted octanol–water partition coefficient (Wildman–Crippen LogP) is 0.600. The lowest BCUT2D eigenvalue weighted by Crippen LogP contribution is -2.50. The number of nitrogens with zero attached hydrogens (tertiary/aromatic N) is 1. The number of primary amides is 1. The van der Waals surface area contributed by atoms with Crippen molar-refractivity contribution >= 4 is 17.8 Å². The molecule has 0 bridgehead atoms. The van der Waals surface area contributed by atoms with Crippen LogP contribution in [0.15, 0.2) is 0 Å². The predicted molar refractivity (Wildman–Crippen MR) is 71.6 cm³/mol. The molecule has 4 atom stereocenters. The van der Waals surface area contributed by atoms with Crippen LogP contribution in [0.3, 0.4) is 0 Å². The molecule has 2 amide bonds. The third-order valence-electron chi connectivity index (χ3n) is 4.70. The lowest BCUT2D eigenvalue weighted by atomic mass is 9.91. The lowest BCUT2D eigenvalue weighted by molar-refractivity contribution is -0.142. The number of hydrogen-bond acceptors (Lipinski definition) is 3. The van der Waals surface area contributed by atoms with Crippen molar-refractivity contribution < 1.29 is 19.5 Å². The van der Waals surface area contributed by atoms with Gasteiger partial charge in [0.2, 0.25) is 11.8 Å². The fourth-order valence-electron chi connectivity index (χ4n) is 3.31. The molecule has 4 unspecified atom stereocenters. The number of aliphatic carboxylic acids is 1. The highest BCUT2D eigenvalue weighted by Gasteiger charge is 2.39. The molecule has 1 aliphatic carbocycles. The first-order chi connectivity index (χ1) is 9.40. The van der Waals surface area contributed by atoms with Crippen molar-refractivity contribution in [3.63, 3.8) is 0 Å². The normalized spacial score (nSPS) is 34.0. The van der Waals surface area contributed by atoms with Gasteiger partial charge in [-0.25, -0.2) is 0 Å². The van der Waals surface area contributed by atoms with E-state index in [4.69, 9.17) is 10.8 Å². The second kappa shape index (κ2) is 5.81. The fourth-order valence-corrected chi connectivity index (χ4v) is 3.31. The number of piperidine rings is 1. The van der Waals surface area contributed by atoms with Crippen LogP contribution in [0.2, 0.25) is 0 Å². The summed E-state index contributed by atoms with van der Waals surface area (Å²) in [5, 5.41) is 9.00. The first-order valence-electron chi connectivity index (χ1n) is 7.22. The van der Waals surface area contributed by atoms with Gasteiger partial charge < -0.3 is 15.7 Å². The Morgan fingerprint density at radius 1 is 1.05 bits per heavy atom. The molecule has 1 saturated heterocycles. The standard InChI is InChI=1S/C14H22N2O4/c1-8-2-3-11(12(15)17)7-16(8)13(18)9-4-5-10(6-9)14(19)20/h8-11H,2-7H2,1H3,(H2,15,17)(H,19,20). The second-order valence-electron chi connectivity index (χ2n) is 6.06. The van der Waals surface area contributed by atoms with Gasteiger partial charge in [-0.1, -0.05) is 0 Å². The molecule has 0 aromatic heterocycles. The van der Waals surface area contributed by atoms with Gasteiger partial charge in [-0.2, -0.15) is 0 Å². The van der Waals surface area contributed by atoms with Gasteiger partial charge in [0, 0.05) is 18.5 Å². The van der Waals surface area contributed by atoms with E-state index in [-0.39, 0.29) is 29.7 Å². The van der Waals surface area contributed by atoms with Crippen LogP contribution in [-0.2, 0) is 14.4 Å². The number of carboxylic acid groups (broad SMARTS) is 1. The van der Waals surface area contributed by atoms with Gasteiger partial charge in [-0.05, 0) is 39.0 Å². The van der Waals surface area contributed by atoms with Gasteiger partial charge in [0.25, 0.3) is 0 Å². The SMILES string of the molecule is CC1CCC(C(N)=O)CN1C(=O)C1CCC(C(=O)O)C1. The van der Waals surface area contributed by atoms with E-state index in [1.54, 1.807) is 4.90 Å². The van der Waals surface area contributed by atoms with Crippen molar-refractivity contribution in [2.45, 2.75) is 45.1 Å². The summed E-state index contributed by atoms with van der Waals surface area (Å²) in [6, 6.07) is 0.0991. The third kappa shape index (κ3) is 2.94. The Morgan fingerprint density at radius 3 is 2.20 bits per heavy atom. The fraction of sp³-hybridized carbons (Fsp3) is 0.786. The number of nitrogens with two attached hydrogens (primary N) is 1. The molecule has 1 saturated carbocycles. The summed E-state index contributed by atoms with van der Waals surface area (Å²) in [5.41, 5.74) is 5.34. The van der Waals surface area contributed by atoms with Crippen LogP contribution in [-0.4, -0.2) is 40.4 Å². The van der Waals surface area contributed by atoms with E-state index in [0.29, 0.717) is 25.8 Å². The molecule has 1 aliphatic heterocycles. The number of carbonyl (C=O) groups excluding carboxylic acids is 2. The van der Waals surface area contributed by atoms with E-state index in [2.05, 4.69) is 0 Å². The minimum absolute atomic E-state index is 0.00722. The van der Waals surface area contributed by atoms with E-state index in [1.807, 2.05) is 6.92 Å². The second-order valence-corrected chi connectivity index (χ2v) is 6.06. The molecule has 6 heteroatoms. The largest absolute Gasteiger partial charge is 0.481 e. The van der Waals surface area contributed by atoms with Crippen molar-refractivity contribution in [1.82, 2.24) is 4.90 Å². The van der Waals surface area contributed by atoms with Crippen molar-refractivity contribution in [3.05, 3.63) is 0 Å². The van der Waals surface area contributed by atoms with Crippen LogP contribution in [0.1, 0.15) is 39.0 Å². The molecule has 1 heterocycles. The Kier molecular flexibility index (Phi) is 4.30. The van der Waals surface area contributed by atoms with Crippen LogP contribution in [0.25, 0.3) is 0 Å². The zero-order valence-electron chi connectivity index (χ0n) is 11.7. The number of hydrogen-bond donors (Lipinski definition) is 2. The molecule has 0 spiro atoms. The number of carbonyl (C=O) groups is 3. The molecule has 2 rings (SSSR count). The van der Waals surface area contributed by atoms with Crippen molar-refractivity contribution in [3.8, 4) is 0 Å².